The van der Waals surface area contributed by atoms with Crippen LogP contribution in [0.1, 0.15) is 10.4 Å². The van der Waals surface area contributed by atoms with Gasteiger partial charge < -0.3 is 4.42 Å². The first-order chi connectivity index (χ1) is 11.8. The van der Waals surface area contributed by atoms with Crippen LogP contribution in [-0.4, -0.2) is 16.1 Å². The van der Waals surface area contributed by atoms with Crippen molar-refractivity contribution in [3.8, 4) is 11.5 Å². The molecule has 0 aliphatic rings. The number of benzene rings is 3. The van der Waals surface area contributed by atoms with Gasteiger partial charge in [-0.3, -0.25) is 10.1 Å². The third-order valence-electron chi connectivity index (χ3n) is 3.70. The largest absolute Gasteiger partial charge is 0.403 e. The number of hydrogen-bond donors (Lipinski definition) is 1. The van der Waals surface area contributed by atoms with E-state index >= 15 is 0 Å². The topological polar surface area (TPSA) is 68.0 Å². The van der Waals surface area contributed by atoms with Crippen LogP contribution in [-0.2, 0) is 0 Å². The van der Waals surface area contributed by atoms with Crippen molar-refractivity contribution in [1.29, 1.82) is 0 Å². The van der Waals surface area contributed by atoms with Crippen molar-refractivity contribution >= 4 is 22.7 Å². The van der Waals surface area contributed by atoms with Gasteiger partial charge in [0.1, 0.15) is 0 Å². The Hall–Kier alpha value is -3.47. The van der Waals surface area contributed by atoms with E-state index in [1.54, 1.807) is 6.07 Å². The van der Waals surface area contributed by atoms with Crippen LogP contribution in [0.4, 0.5) is 6.01 Å². The second-order valence-electron chi connectivity index (χ2n) is 5.26. The van der Waals surface area contributed by atoms with E-state index in [0.717, 1.165) is 16.3 Å². The van der Waals surface area contributed by atoms with E-state index in [2.05, 4.69) is 15.5 Å². The highest BCUT2D eigenvalue weighted by atomic mass is 16.4. The average Bonchev–Trinajstić information content (AvgIpc) is 3.10. The molecule has 1 aromatic heterocycles. The number of nitrogens with zero attached hydrogens (tertiary/aromatic N) is 2. The number of fused-ring (bicyclic) bond motifs is 1. The molecule has 0 unspecified atom stereocenters. The molecule has 0 saturated carbocycles. The summed E-state index contributed by atoms with van der Waals surface area (Å²) < 4.78 is 5.52. The Bertz CT molecular complexity index is 1000. The van der Waals surface area contributed by atoms with Gasteiger partial charge in [0.15, 0.2) is 0 Å². The maximum Gasteiger partial charge on any atom is 0.322 e. The average molecular weight is 315 g/mol. The van der Waals surface area contributed by atoms with Crippen molar-refractivity contribution in [2.24, 2.45) is 0 Å². The quantitative estimate of drug-likeness (QED) is 0.617. The SMILES string of the molecule is O=C(Nc1nnc(-c2ccccc2)o1)c1cccc2ccccc12. The van der Waals surface area contributed by atoms with Crippen molar-refractivity contribution in [2.45, 2.75) is 0 Å². The number of nitrogens with one attached hydrogen (secondary N) is 1. The zero-order valence-electron chi connectivity index (χ0n) is 12.6. The van der Waals surface area contributed by atoms with Crippen molar-refractivity contribution in [2.75, 3.05) is 5.32 Å². The molecule has 4 rings (SSSR count). The van der Waals surface area contributed by atoms with Crippen LogP contribution in [0.25, 0.3) is 22.2 Å². The molecule has 4 aromatic rings. The van der Waals surface area contributed by atoms with Crippen LogP contribution in [0.5, 0.6) is 0 Å². The Labute approximate surface area is 138 Å². The number of carbonyl (C=O) groups is 1. The molecule has 0 atom stereocenters. The molecule has 0 spiro atoms. The van der Waals surface area contributed by atoms with Crippen LogP contribution in [0, 0.1) is 0 Å². The summed E-state index contributed by atoms with van der Waals surface area (Å²) in [6.45, 7) is 0. The third-order valence-corrected chi connectivity index (χ3v) is 3.70. The Morgan fingerprint density at radius 3 is 2.46 bits per heavy atom. The molecule has 0 aliphatic heterocycles. The summed E-state index contributed by atoms with van der Waals surface area (Å²) in [7, 11) is 0. The summed E-state index contributed by atoms with van der Waals surface area (Å²) in [5, 5.41) is 12.4. The molecular formula is C19H13N3O2. The molecule has 3 aromatic carbocycles. The standard InChI is InChI=1S/C19H13N3O2/c23-17(16-12-6-10-13-7-4-5-11-15(13)16)20-19-22-21-18(24-19)14-8-2-1-3-9-14/h1-12H,(H,20,22,23). The molecule has 5 heteroatoms. The van der Waals surface area contributed by atoms with Crippen molar-refractivity contribution < 1.29 is 9.21 Å². The maximum atomic E-state index is 12.5. The predicted octanol–water partition coefficient (Wildman–Crippen LogP) is 4.14. The second-order valence-corrected chi connectivity index (χ2v) is 5.26. The van der Waals surface area contributed by atoms with Gasteiger partial charge in [0.2, 0.25) is 5.89 Å². The predicted molar refractivity (Wildman–Crippen MR) is 91.6 cm³/mol. The summed E-state index contributed by atoms with van der Waals surface area (Å²) in [6, 6.07) is 22.8. The molecule has 0 bridgehead atoms. The van der Waals surface area contributed by atoms with Crippen molar-refractivity contribution in [3.05, 3.63) is 78.4 Å². The highest BCUT2D eigenvalue weighted by Gasteiger charge is 2.14. The smallest absolute Gasteiger partial charge is 0.322 e. The van der Waals surface area contributed by atoms with Gasteiger partial charge in [0, 0.05) is 11.1 Å². The van der Waals surface area contributed by atoms with E-state index in [-0.39, 0.29) is 11.9 Å². The summed E-state index contributed by atoms with van der Waals surface area (Å²) in [5.41, 5.74) is 1.36. The number of aromatic nitrogens is 2. The summed E-state index contributed by atoms with van der Waals surface area (Å²) in [5.74, 6) is 0.0823. The van der Waals surface area contributed by atoms with Crippen LogP contribution < -0.4 is 5.32 Å². The van der Waals surface area contributed by atoms with E-state index in [1.807, 2.05) is 66.7 Å². The lowest BCUT2D eigenvalue weighted by molar-refractivity contribution is 0.102. The number of hydrogen-bond acceptors (Lipinski definition) is 4. The zero-order chi connectivity index (χ0) is 16.4. The van der Waals surface area contributed by atoms with Gasteiger partial charge in [0.05, 0.1) is 0 Å². The Morgan fingerprint density at radius 2 is 1.58 bits per heavy atom. The Morgan fingerprint density at radius 1 is 0.833 bits per heavy atom. The van der Waals surface area contributed by atoms with E-state index in [4.69, 9.17) is 4.42 Å². The Kier molecular flexibility index (Phi) is 3.51. The van der Waals surface area contributed by atoms with Crippen molar-refractivity contribution in [3.63, 3.8) is 0 Å². The van der Waals surface area contributed by atoms with E-state index in [1.165, 1.54) is 0 Å². The molecular weight excluding hydrogens is 302 g/mol. The third kappa shape index (κ3) is 2.63. The first kappa shape index (κ1) is 14.1. The van der Waals surface area contributed by atoms with E-state index in [0.29, 0.717) is 11.5 Å². The molecule has 5 nitrogen and oxygen atoms in total. The fourth-order valence-corrected chi connectivity index (χ4v) is 2.56. The zero-order valence-corrected chi connectivity index (χ0v) is 12.6. The minimum atomic E-state index is -0.282. The molecule has 116 valence electrons. The number of amides is 1. The van der Waals surface area contributed by atoms with Crippen LogP contribution in [0.2, 0.25) is 0 Å². The first-order valence-electron chi connectivity index (χ1n) is 7.49. The second kappa shape index (κ2) is 5.96. The van der Waals surface area contributed by atoms with Crippen LogP contribution in [0.15, 0.2) is 77.2 Å². The van der Waals surface area contributed by atoms with Crippen molar-refractivity contribution in [1.82, 2.24) is 10.2 Å². The Balaban J connectivity index is 1.61. The molecule has 24 heavy (non-hydrogen) atoms. The summed E-state index contributed by atoms with van der Waals surface area (Å²) >= 11 is 0. The molecule has 1 amide bonds. The lowest BCUT2D eigenvalue weighted by atomic mass is 10.0. The van der Waals surface area contributed by atoms with E-state index in [9.17, 15) is 4.79 Å². The first-order valence-corrected chi connectivity index (χ1v) is 7.49. The number of anilines is 1. The van der Waals surface area contributed by atoms with Gasteiger partial charge in [-0.15, -0.1) is 5.10 Å². The summed E-state index contributed by atoms with van der Waals surface area (Å²) in [6.07, 6.45) is 0. The van der Waals surface area contributed by atoms with Crippen LogP contribution in [0.3, 0.4) is 0 Å². The molecule has 0 saturated heterocycles. The van der Waals surface area contributed by atoms with Gasteiger partial charge in [0.25, 0.3) is 5.91 Å². The summed E-state index contributed by atoms with van der Waals surface area (Å²) in [4.78, 5) is 12.5. The highest BCUT2D eigenvalue weighted by Crippen LogP contribution is 2.22. The number of rotatable bonds is 3. The molecule has 0 radical (unpaired) electrons. The fraction of sp³-hybridized carbons (Fsp3) is 0. The lowest BCUT2D eigenvalue weighted by Crippen LogP contribution is -2.12. The van der Waals surface area contributed by atoms with Gasteiger partial charge in [-0.05, 0) is 29.0 Å². The van der Waals surface area contributed by atoms with Gasteiger partial charge in [-0.1, -0.05) is 59.7 Å². The lowest BCUT2D eigenvalue weighted by Gasteiger charge is -2.05. The van der Waals surface area contributed by atoms with Gasteiger partial charge in [-0.2, -0.15) is 0 Å². The normalized spacial score (nSPS) is 10.7. The monoisotopic (exact) mass is 315 g/mol. The fourth-order valence-electron chi connectivity index (χ4n) is 2.56. The van der Waals surface area contributed by atoms with E-state index < -0.39 is 0 Å². The molecule has 1 N–H and O–H groups in total. The molecule has 0 fully saturated rings. The molecule has 1 heterocycles. The maximum absolute atomic E-state index is 12.5. The van der Waals surface area contributed by atoms with Crippen LogP contribution >= 0.6 is 0 Å². The minimum absolute atomic E-state index is 0.0757. The van der Waals surface area contributed by atoms with Gasteiger partial charge >= 0.3 is 6.01 Å². The minimum Gasteiger partial charge on any atom is -0.403 e. The highest BCUT2D eigenvalue weighted by molar-refractivity contribution is 6.12. The van der Waals surface area contributed by atoms with Gasteiger partial charge in [-0.25, -0.2) is 0 Å². The number of carbonyl (C=O) groups excluding carboxylic acids is 1. The molecule has 0 aliphatic carbocycles.